The second-order valence-corrected chi connectivity index (χ2v) is 1.11. The van der Waals surface area contributed by atoms with Crippen molar-refractivity contribution in [1.82, 2.24) is 0 Å². The summed E-state index contributed by atoms with van der Waals surface area (Å²) in [5, 5.41) is 0. The van der Waals surface area contributed by atoms with Gasteiger partial charge in [-0.1, -0.05) is 0 Å². The van der Waals surface area contributed by atoms with E-state index in [0.717, 1.165) is 0 Å². The third kappa shape index (κ3) is 640. The van der Waals surface area contributed by atoms with Crippen LogP contribution >= 0.6 is 12.3 Å². The molecule has 8 heavy (non-hydrogen) atoms. The summed E-state index contributed by atoms with van der Waals surface area (Å²) in [4.78, 5) is 9.44. The Morgan fingerprint density at radius 1 is 1.38 bits per heavy atom. The monoisotopic (exact) mass is 186 g/mol. The van der Waals surface area contributed by atoms with E-state index in [9.17, 15) is 4.79 Å². The molecule has 0 amide bonds. The minimum Gasteiger partial charge on any atom is -0.811 e. The summed E-state index contributed by atoms with van der Waals surface area (Å²) < 4.78 is 16.6. The molecule has 0 rings (SSSR count). The number of ketones is 1. The summed E-state index contributed by atoms with van der Waals surface area (Å²) in [6.07, 6.45) is 0. The van der Waals surface area contributed by atoms with Crippen molar-refractivity contribution in [2.45, 2.75) is 13.8 Å². The predicted molar refractivity (Wildman–Crippen MR) is 25.5 cm³/mol. The van der Waals surface area contributed by atoms with Gasteiger partial charge in [-0.2, -0.15) is 0 Å². The first kappa shape index (κ1) is 15.8. The van der Waals surface area contributed by atoms with E-state index in [1.165, 1.54) is 13.8 Å². The van der Waals surface area contributed by atoms with Crippen molar-refractivity contribution < 1.29 is 33.4 Å². The number of carbonyl (C=O) groups is 1. The van der Waals surface area contributed by atoms with Gasteiger partial charge < -0.3 is 26.2 Å². The van der Waals surface area contributed by atoms with Crippen LogP contribution in [0, 0.1) is 0 Å². The molecule has 0 unspecified atom stereocenters. The van der Waals surface area contributed by atoms with Crippen molar-refractivity contribution in [3.8, 4) is 0 Å². The molecule has 0 aromatic heterocycles. The van der Waals surface area contributed by atoms with Gasteiger partial charge in [0.05, 0.1) is 0 Å². The zero-order valence-electron chi connectivity index (χ0n) is 4.84. The number of rotatable bonds is 0. The summed E-state index contributed by atoms with van der Waals surface area (Å²) in [5.74, 6) is 0.167. The fourth-order valence-corrected chi connectivity index (χ4v) is 0. The molecule has 5 heteroatoms. The van der Waals surface area contributed by atoms with E-state index in [-0.39, 0.29) is 25.3 Å². The number of hydrogen-bond donors (Lipinski definition) is 0. The Hall–Kier alpha value is 0.563. The van der Waals surface area contributed by atoms with Crippen molar-refractivity contribution in [3.05, 3.63) is 0 Å². The number of Topliss-reactive ketones (excluding diaryl/α,β-unsaturated/α-hetero) is 1. The smallest absolute Gasteiger partial charge is 0.811 e. The van der Waals surface area contributed by atoms with Crippen molar-refractivity contribution in [2.24, 2.45) is 0 Å². The molecule has 0 aromatic carbocycles. The van der Waals surface area contributed by atoms with Gasteiger partial charge in [-0.15, -0.1) is 0 Å². The average Bonchev–Trinajstić information content (AvgIpc) is 1.33. The van der Waals surface area contributed by atoms with Crippen LogP contribution in [0.2, 0.25) is 0 Å². The zero-order valence-corrected chi connectivity index (χ0v) is 8.62. The number of hydrogen-bond acceptors (Lipinski definition) is 4. The van der Waals surface area contributed by atoms with Gasteiger partial charge in [0, 0.05) is 0 Å². The van der Waals surface area contributed by atoms with E-state index in [2.05, 4.69) is 0 Å². The molecule has 0 aliphatic rings. The average molecular weight is 188 g/mol. The molecular formula is C3H6O3SZn. The molecule has 0 aliphatic heterocycles. The van der Waals surface area contributed by atoms with Crippen molar-refractivity contribution in [2.75, 3.05) is 0 Å². The molecule has 0 radical (unpaired) electrons. The summed E-state index contributed by atoms with van der Waals surface area (Å²) in [6.45, 7) is 3.06. The molecule has 0 spiro atoms. The van der Waals surface area contributed by atoms with Gasteiger partial charge in [0.15, 0.2) is 0 Å². The first-order valence-corrected chi connectivity index (χ1v) is 2.20. The van der Waals surface area contributed by atoms with Crippen LogP contribution in [0.25, 0.3) is 0 Å². The molecule has 0 saturated heterocycles. The standard InChI is InChI=1S/C3H6O.H2O2S.Zn/c1-3(2)4;1-3-2;/h1-2H3;1-2H;/q;;+2/p-2. The van der Waals surface area contributed by atoms with E-state index in [1.54, 1.807) is 0 Å². The molecule has 0 N–H and O–H groups in total. The molecular weight excluding hydrogens is 181 g/mol. The van der Waals surface area contributed by atoms with E-state index >= 15 is 0 Å². The van der Waals surface area contributed by atoms with Gasteiger partial charge in [0.25, 0.3) is 0 Å². The molecule has 3 nitrogen and oxygen atoms in total. The van der Waals surface area contributed by atoms with E-state index in [1.807, 2.05) is 0 Å². The van der Waals surface area contributed by atoms with Gasteiger partial charge in [0.2, 0.25) is 0 Å². The Labute approximate surface area is 65.6 Å². The fraction of sp³-hybridized carbons (Fsp3) is 0.667. The van der Waals surface area contributed by atoms with Crippen LogP contribution in [0.5, 0.6) is 0 Å². The largest absolute Gasteiger partial charge is 2.00 e. The van der Waals surface area contributed by atoms with Crippen LogP contribution in [0.1, 0.15) is 13.8 Å². The Kier molecular flexibility index (Phi) is 31.0. The molecule has 0 fully saturated rings. The Morgan fingerprint density at radius 2 is 1.38 bits per heavy atom. The fourth-order valence-electron chi connectivity index (χ4n) is 0. The third-order valence-electron chi connectivity index (χ3n) is 0. The minimum atomic E-state index is -0.750. The Bertz CT molecular complexity index is 45.8. The van der Waals surface area contributed by atoms with Crippen molar-refractivity contribution in [1.29, 1.82) is 0 Å². The molecule has 0 heterocycles. The predicted octanol–water partition coefficient (Wildman–Crippen LogP) is 0.573. The first-order valence-electron chi connectivity index (χ1n) is 1.54. The van der Waals surface area contributed by atoms with E-state index in [0.29, 0.717) is 0 Å². The number of carbonyl (C=O) groups excluding carboxylic acids is 1. The second-order valence-electron chi connectivity index (χ2n) is 0.976. The molecule has 44 valence electrons. The summed E-state index contributed by atoms with van der Waals surface area (Å²) in [5.41, 5.74) is 0. The summed E-state index contributed by atoms with van der Waals surface area (Å²) in [6, 6.07) is 0. The quantitative estimate of drug-likeness (QED) is 0.411. The van der Waals surface area contributed by atoms with Crippen LogP contribution in [0.3, 0.4) is 0 Å². The Morgan fingerprint density at radius 3 is 1.38 bits per heavy atom. The second kappa shape index (κ2) is 15.6. The molecule has 0 saturated carbocycles. The van der Waals surface area contributed by atoms with Crippen LogP contribution < -0.4 is 0 Å². The SMILES string of the molecule is CC(C)=O.[O-]S[O-].[Zn+2]. The van der Waals surface area contributed by atoms with Gasteiger partial charge in [-0.05, 0) is 13.8 Å². The normalized spacial score (nSPS) is 5.50. The van der Waals surface area contributed by atoms with E-state index < -0.39 is 12.3 Å². The van der Waals surface area contributed by atoms with Gasteiger partial charge in [0.1, 0.15) is 5.78 Å². The van der Waals surface area contributed by atoms with Crippen LogP contribution in [-0.2, 0) is 24.3 Å². The molecule has 0 aromatic rings. The van der Waals surface area contributed by atoms with Crippen LogP contribution in [0.4, 0.5) is 0 Å². The van der Waals surface area contributed by atoms with Gasteiger partial charge >= 0.3 is 19.5 Å². The maximum absolute atomic E-state index is 9.44. The molecule has 0 bridgehead atoms. The van der Waals surface area contributed by atoms with E-state index in [4.69, 9.17) is 9.11 Å². The zero-order chi connectivity index (χ0) is 6.28. The maximum atomic E-state index is 9.44. The summed E-state index contributed by atoms with van der Waals surface area (Å²) in [7, 11) is 0. The van der Waals surface area contributed by atoms with Crippen LogP contribution in [0.15, 0.2) is 0 Å². The molecule has 0 atom stereocenters. The van der Waals surface area contributed by atoms with Crippen LogP contribution in [-0.4, -0.2) is 14.9 Å². The molecule has 0 aliphatic carbocycles. The summed E-state index contributed by atoms with van der Waals surface area (Å²) >= 11 is -0.750. The van der Waals surface area contributed by atoms with Crippen molar-refractivity contribution in [3.63, 3.8) is 0 Å². The Balaban J connectivity index is -0.0000000575. The third-order valence-corrected chi connectivity index (χ3v) is 0. The first-order chi connectivity index (χ1) is 3.15. The van der Waals surface area contributed by atoms with Crippen molar-refractivity contribution >= 4 is 18.1 Å². The van der Waals surface area contributed by atoms with Gasteiger partial charge in [-0.25, -0.2) is 0 Å². The topological polar surface area (TPSA) is 63.2 Å². The van der Waals surface area contributed by atoms with Gasteiger partial charge in [-0.3, -0.25) is 0 Å². The maximum Gasteiger partial charge on any atom is 2.00 e. The minimum absolute atomic E-state index is 0.